The number of carboxylic acids is 1. The standard InChI is InChI=1S/C16H20BrNO3/c17-13-8-6-12(7-9-13)16(10-3-11-16)18-14(19)4-1-2-5-15(20)21/h6-9H,1-5,10-11H2,(H,18,19)(H,20,21). The molecule has 114 valence electrons. The van der Waals surface area contributed by atoms with E-state index < -0.39 is 5.97 Å². The van der Waals surface area contributed by atoms with E-state index in [4.69, 9.17) is 5.11 Å². The minimum absolute atomic E-state index is 0.0167. The number of hydrogen-bond donors (Lipinski definition) is 2. The molecule has 0 radical (unpaired) electrons. The van der Waals surface area contributed by atoms with Crippen LogP contribution in [0.15, 0.2) is 28.7 Å². The summed E-state index contributed by atoms with van der Waals surface area (Å²) in [7, 11) is 0. The molecule has 1 saturated carbocycles. The molecular weight excluding hydrogens is 334 g/mol. The van der Waals surface area contributed by atoms with E-state index in [-0.39, 0.29) is 17.9 Å². The Kier molecular flexibility index (Phi) is 5.39. The molecule has 0 aliphatic heterocycles. The zero-order chi connectivity index (χ0) is 15.3. The number of aliphatic carboxylic acids is 1. The first-order valence-corrected chi connectivity index (χ1v) is 8.10. The predicted octanol–water partition coefficient (Wildman–Crippen LogP) is 3.59. The molecular formula is C16H20BrNO3. The van der Waals surface area contributed by atoms with Gasteiger partial charge in [-0.05, 0) is 49.8 Å². The lowest BCUT2D eigenvalue weighted by Crippen LogP contribution is -2.50. The molecule has 1 aromatic rings. The molecule has 0 atom stereocenters. The highest BCUT2D eigenvalue weighted by Gasteiger charge is 2.39. The van der Waals surface area contributed by atoms with E-state index in [0.29, 0.717) is 19.3 Å². The quantitative estimate of drug-likeness (QED) is 0.736. The summed E-state index contributed by atoms with van der Waals surface area (Å²) < 4.78 is 1.03. The van der Waals surface area contributed by atoms with Crippen molar-refractivity contribution < 1.29 is 14.7 Å². The van der Waals surface area contributed by atoms with Crippen LogP contribution < -0.4 is 5.32 Å². The minimum atomic E-state index is -0.805. The molecule has 21 heavy (non-hydrogen) atoms. The van der Waals surface area contributed by atoms with Gasteiger partial charge in [0.25, 0.3) is 0 Å². The smallest absolute Gasteiger partial charge is 0.303 e. The summed E-state index contributed by atoms with van der Waals surface area (Å²) in [5, 5.41) is 11.7. The van der Waals surface area contributed by atoms with E-state index >= 15 is 0 Å². The molecule has 0 bridgehead atoms. The molecule has 0 unspecified atom stereocenters. The maximum atomic E-state index is 12.1. The third-order valence-corrected chi connectivity index (χ3v) is 4.56. The van der Waals surface area contributed by atoms with Crippen molar-refractivity contribution in [2.75, 3.05) is 0 Å². The molecule has 4 nitrogen and oxygen atoms in total. The Morgan fingerprint density at radius 2 is 1.76 bits per heavy atom. The van der Waals surface area contributed by atoms with Crippen molar-refractivity contribution in [3.8, 4) is 0 Å². The normalized spacial score (nSPS) is 16.0. The summed E-state index contributed by atoms with van der Waals surface area (Å²) in [4.78, 5) is 22.5. The highest BCUT2D eigenvalue weighted by atomic mass is 79.9. The molecule has 0 saturated heterocycles. The average molecular weight is 354 g/mol. The largest absolute Gasteiger partial charge is 0.481 e. The van der Waals surface area contributed by atoms with Crippen LogP contribution in [0.2, 0.25) is 0 Å². The molecule has 2 rings (SSSR count). The fourth-order valence-corrected chi connectivity index (χ4v) is 2.94. The first-order valence-electron chi connectivity index (χ1n) is 7.31. The number of halogens is 1. The van der Waals surface area contributed by atoms with Crippen LogP contribution in [-0.2, 0) is 15.1 Å². The third-order valence-electron chi connectivity index (χ3n) is 4.03. The van der Waals surface area contributed by atoms with Gasteiger partial charge in [0.2, 0.25) is 5.91 Å². The molecule has 0 heterocycles. The maximum Gasteiger partial charge on any atom is 0.303 e. The second-order valence-electron chi connectivity index (χ2n) is 5.59. The molecule has 1 fully saturated rings. The van der Waals surface area contributed by atoms with Gasteiger partial charge in [-0.15, -0.1) is 0 Å². The first kappa shape index (κ1) is 16.0. The summed E-state index contributed by atoms with van der Waals surface area (Å²) in [5.74, 6) is -0.788. The summed E-state index contributed by atoms with van der Waals surface area (Å²) >= 11 is 3.42. The summed E-state index contributed by atoms with van der Waals surface area (Å²) in [5.41, 5.74) is 0.931. The number of nitrogens with one attached hydrogen (secondary N) is 1. The van der Waals surface area contributed by atoms with Crippen LogP contribution in [-0.4, -0.2) is 17.0 Å². The number of carboxylic acid groups (broad SMARTS) is 1. The van der Waals surface area contributed by atoms with Crippen LogP contribution >= 0.6 is 15.9 Å². The van der Waals surface area contributed by atoms with Crippen LogP contribution in [0.5, 0.6) is 0 Å². The second kappa shape index (κ2) is 7.07. The molecule has 0 aromatic heterocycles. The van der Waals surface area contributed by atoms with E-state index in [1.165, 1.54) is 0 Å². The van der Waals surface area contributed by atoms with Gasteiger partial charge in [-0.3, -0.25) is 9.59 Å². The summed E-state index contributed by atoms with van der Waals surface area (Å²) in [6, 6.07) is 8.09. The number of carbonyl (C=O) groups excluding carboxylic acids is 1. The molecule has 2 N–H and O–H groups in total. The van der Waals surface area contributed by atoms with Gasteiger partial charge in [0.1, 0.15) is 0 Å². The number of benzene rings is 1. The Bertz CT molecular complexity index is 509. The van der Waals surface area contributed by atoms with Gasteiger partial charge in [-0.2, -0.15) is 0 Å². The Balaban J connectivity index is 1.88. The monoisotopic (exact) mass is 353 g/mol. The lowest BCUT2D eigenvalue weighted by molar-refractivity contribution is -0.137. The first-order chi connectivity index (χ1) is 10.0. The number of hydrogen-bond acceptors (Lipinski definition) is 2. The highest BCUT2D eigenvalue weighted by Crippen LogP contribution is 2.41. The SMILES string of the molecule is O=C(O)CCCCC(=O)NC1(c2ccc(Br)cc2)CCC1. The molecule has 1 aromatic carbocycles. The Hall–Kier alpha value is -1.36. The van der Waals surface area contributed by atoms with Crippen molar-refractivity contribution in [1.82, 2.24) is 5.32 Å². The number of carbonyl (C=O) groups is 2. The van der Waals surface area contributed by atoms with Gasteiger partial charge in [0.15, 0.2) is 0 Å². The Morgan fingerprint density at radius 1 is 1.14 bits per heavy atom. The van der Waals surface area contributed by atoms with Gasteiger partial charge in [0.05, 0.1) is 5.54 Å². The van der Waals surface area contributed by atoms with Crippen molar-refractivity contribution in [2.45, 2.75) is 50.5 Å². The minimum Gasteiger partial charge on any atom is -0.481 e. The van der Waals surface area contributed by atoms with E-state index in [2.05, 4.69) is 21.2 Å². The fourth-order valence-electron chi connectivity index (χ4n) is 2.68. The summed E-state index contributed by atoms with van der Waals surface area (Å²) in [6.07, 6.45) is 4.75. The Morgan fingerprint density at radius 3 is 2.29 bits per heavy atom. The van der Waals surface area contributed by atoms with Gasteiger partial charge in [-0.25, -0.2) is 0 Å². The summed E-state index contributed by atoms with van der Waals surface area (Å²) in [6.45, 7) is 0. The van der Waals surface area contributed by atoms with Crippen LogP contribution in [0.4, 0.5) is 0 Å². The van der Waals surface area contributed by atoms with E-state index in [1.54, 1.807) is 0 Å². The zero-order valence-electron chi connectivity index (χ0n) is 11.9. The zero-order valence-corrected chi connectivity index (χ0v) is 13.5. The topological polar surface area (TPSA) is 66.4 Å². The predicted molar refractivity (Wildman–Crippen MR) is 83.9 cm³/mol. The lowest BCUT2D eigenvalue weighted by Gasteiger charge is -2.43. The van der Waals surface area contributed by atoms with Crippen LogP contribution in [0.1, 0.15) is 50.5 Å². The molecule has 1 amide bonds. The van der Waals surface area contributed by atoms with Crippen LogP contribution in [0.25, 0.3) is 0 Å². The van der Waals surface area contributed by atoms with Gasteiger partial charge in [-0.1, -0.05) is 28.1 Å². The fraction of sp³-hybridized carbons (Fsp3) is 0.500. The van der Waals surface area contributed by atoms with E-state index in [1.807, 2.05) is 24.3 Å². The number of amides is 1. The van der Waals surface area contributed by atoms with Gasteiger partial charge >= 0.3 is 5.97 Å². The van der Waals surface area contributed by atoms with Crippen LogP contribution in [0.3, 0.4) is 0 Å². The maximum absolute atomic E-state index is 12.1. The number of unbranched alkanes of at least 4 members (excludes halogenated alkanes) is 1. The van der Waals surface area contributed by atoms with Crippen LogP contribution in [0, 0.1) is 0 Å². The van der Waals surface area contributed by atoms with Crippen molar-refractivity contribution in [3.05, 3.63) is 34.3 Å². The average Bonchev–Trinajstić information content (AvgIpc) is 2.40. The lowest BCUT2D eigenvalue weighted by atomic mass is 9.71. The van der Waals surface area contributed by atoms with Crippen molar-refractivity contribution in [2.24, 2.45) is 0 Å². The highest BCUT2D eigenvalue weighted by molar-refractivity contribution is 9.10. The van der Waals surface area contributed by atoms with Gasteiger partial charge < -0.3 is 10.4 Å². The van der Waals surface area contributed by atoms with Crippen molar-refractivity contribution in [3.63, 3.8) is 0 Å². The molecule has 1 aliphatic rings. The third kappa shape index (κ3) is 4.30. The van der Waals surface area contributed by atoms with E-state index in [9.17, 15) is 9.59 Å². The van der Waals surface area contributed by atoms with Crippen molar-refractivity contribution in [1.29, 1.82) is 0 Å². The Labute approximate surface area is 133 Å². The molecule has 1 aliphatic carbocycles. The second-order valence-corrected chi connectivity index (χ2v) is 6.51. The van der Waals surface area contributed by atoms with Gasteiger partial charge in [0, 0.05) is 17.3 Å². The van der Waals surface area contributed by atoms with Crippen molar-refractivity contribution >= 4 is 27.8 Å². The molecule has 0 spiro atoms. The number of rotatable bonds is 7. The molecule has 5 heteroatoms. The van der Waals surface area contributed by atoms with E-state index in [0.717, 1.165) is 29.3 Å².